The number of carbonyl (C=O) groups is 1. The van der Waals surface area contributed by atoms with Crippen LogP contribution in [0.25, 0.3) is 0 Å². The fourth-order valence-electron chi connectivity index (χ4n) is 1.26. The zero-order valence-electron chi connectivity index (χ0n) is 6.14. The highest BCUT2D eigenvalue weighted by molar-refractivity contribution is 9.09. The van der Waals surface area contributed by atoms with Gasteiger partial charge in [0.05, 0.1) is 0 Å². The molecule has 1 rings (SSSR count). The number of likely N-dealkylation sites (tertiary alicyclic amines) is 1. The second-order valence-corrected chi connectivity index (χ2v) is 3.30. The Balaban J connectivity index is 2.44. The van der Waals surface area contributed by atoms with E-state index in [0.717, 1.165) is 24.8 Å². The maximum atomic E-state index is 11.1. The molecule has 1 amide bonds. The van der Waals surface area contributed by atoms with Gasteiger partial charge < -0.3 is 4.90 Å². The van der Waals surface area contributed by atoms with Crippen molar-refractivity contribution in [3.63, 3.8) is 0 Å². The highest BCUT2D eigenvalue weighted by Crippen LogP contribution is 2.18. The van der Waals surface area contributed by atoms with Crippen LogP contribution in [0.15, 0.2) is 0 Å². The van der Waals surface area contributed by atoms with Crippen molar-refractivity contribution < 1.29 is 4.79 Å². The molecule has 1 heterocycles. The van der Waals surface area contributed by atoms with E-state index in [1.54, 1.807) is 0 Å². The van der Waals surface area contributed by atoms with Gasteiger partial charge in [-0.1, -0.05) is 15.9 Å². The lowest BCUT2D eigenvalue weighted by Gasteiger charge is -2.11. The van der Waals surface area contributed by atoms with Crippen LogP contribution in [0.1, 0.15) is 13.3 Å². The van der Waals surface area contributed by atoms with Gasteiger partial charge in [0, 0.05) is 24.8 Å². The predicted molar refractivity (Wildman–Crippen MR) is 44.2 cm³/mol. The van der Waals surface area contributed by atoms with E-state index in [2.05, 4.69) is 15.9 Å². The van der Waals surface area contributed by atoms with Crippen molar-refractivity contribution in [3.05, 3.63) is 0 Å². The maximum Gasteiger partial charge on any atom is 0.222 e. The average Bonchev–Trinajstić information content (AvgIpc) is 2.30. The van der Waals surface area contributed by atoms with E-state index in [9.17, 15) is 4.79 Å². The third-order valence-electron chi connectivity index (χ3n) is 1.89. The molecular formula is C7H12BrNO. The molecule has 1 unspecified atom stereocenters. The van der Waals surface area contributed by atoms with Crippen molar-refractivity contribution in [1.29, 1.82) is 0 Å². The molecule has 0 aromatic heterocycles. The molecule has 58 valence electrons. The molecule has 0 aromatic carbocycles. The molecular weight excluding hydrogens is 194 g/mol. The first-order chi connectivity index (χ1) is 4.77. The summed E-state index contributed by atoms with van der Waals surface area (Å²) in [7, 11) is 0. The fraction of sp³-hybridized carbons (Fsp3) is 0.857. The number of halogens is 1. The van der Waals surface area contributed by atoms with Gasteiger partial charge >= 0.3 is 0 Å². The Kier molecular flexibility index (Phi) is 2.72. The molecule has 1 fully saturated rings. The summed E-state index contributed by atoms with van der Waals surface area (Å²) in [6.07, 6.45) is 0.735. The highest BCUT2D eigenvalue weighted by Gasteiger charge is 2.26. The third-order valence-corrected chi connectivity index (χ3v) is 2.81. The third kappa shape index (κ3) is 1.51. The first kappa shape index (κ1) is 8.05. The molecule has 2 nitrogen and oxygen atoms in total. The predicted octanol–water partition coefficient (Wildman–Crippen LogP) is 1.25. The van der Waals surface area contributed by atoms with Gasteiger partial charge in [-0.15, -0.1) is 0 Å². The Bertz CT molecular complexity index is 138. The molecule has 1 atom stereocenters. The zero-order chi connectivity index (χ0) is 7.56. The minimum absolute atomic E-state index is 0.312. The molecule has 0 bridgehead atoms. The van der Waals surface area contributed by atoms with Gasteiger partial charge in [0.25, 0.3) is 0 Å². The smallest absolute Gasteiger partial charge is 0.222 e. The van der Waals surface area contributed by atoms with Crippen molar-refractivity contribution in [2.24, 2.45) is 5.92 Å². The highest BCUT2D eigenvalue weighted by atomic mass is 79.9. The summed E-state index contributed by atoms with van der Waals surface area (Å²) in [4.78, 5) is 13.0. The van der Waals surface area contributed by atoms with Gasteiger partial charge in [-0.25, -0.2) is 0 Å². The van der Waals surface area contributed by atoms with Gasteiger partial charge in [0.2, 0.25) is 5.91 Å². The van der Waals surface area contributed by atoms with Crippen molar-refractivity contribution >= 4 is 21.8 Å². The van der Waals surface area contributed by atoms with E-state index in [-0.39, 0.29) is 0 Å². The van der Waals surface area contributed by atoms with Gasteiger partial charge in [-0.3, -0.25) is 4.79 Å². The number of nitrogens with zero attached hydrogens (tertiary/aromatic N) is 1. The summed E-state index contributed by atoms with van der Waals surface area (Å²) in [6, 6.07) is 0. The quantitative estimate of drug-likeness (QED) is 0.622. The van der Waals surface area contributed by atoms with Crippen LogP contribution in [0.4, 0.5) is 0 Å². The molecule has 0 aliphatic carbocycles. The summed E-state index contributed by atoms with van der Waals surface area (Å²) in [6.45, 7) is 3.83. The summed E-state index contributed by atoms with van der Waals surface area (Å²) in [5, 5.41) is 0.954. The van der Waals surface area contributed by atoms with Crippen LogP contribution in [0.2, 0.25) is 0 Å². The molecule has 1 aliphatic rings. The molecule has 0 radical (unpaired) electrons. The van der Waals surface area contributed by atoms with Gasteiger partial charge in [0.15, 0.2) is 0 Å². The summed E-state index contributed by atoms with van der Waals surface area (Å²) in [5.74, 6) is 0.861. The monoisotopic (exact) mass is 205 g/mol. The number of hydrogen-bond acceptors (Lipinski definition) is 1. The van der Waals surface area contributed by atoms with Crippen molar-refractivity contribution in [2.45, 2.75) is 13.3 Å². The molecule has 0 N–H and O–H groups in total. The van der Waals surface area contributed by atoms with E-state index in [4.69, 9.17) is 0 Å². The largest absolute Gasteiger partial charge is 0.343 e. The van der Waals surface area contributed by atoms with Crippen molar-refractivity contribution in [1.82, 2.24) is 4.90 Å². The molecule has 0 aromatic rings. The number of hydrogen-bond donors (Lipinski definition) is 0. The first-order valence-corrected chi connectivity index (χ1v) is 4.73. The number of alkyl halides is 1. The van der Waals surface area contributed by atoms with E-state index in [1.165, 1.54) is 0 Å². The van der Waals surface area contributed by atoms with Crippen LogP contribution in [-0.4, -0.2) is 29.2 Å². The molecule has 1 saturated heterocycles. The minimum atomic E-state index is 0.312. The van der Waals surface area contributed by atoms with Crippen LogP contribution < -0.4 is 0 Å². The van der Waals surface area contributed by atoms with Gasteiger partial charge in [0.1, 0.15) is 0 Å². The van der Waals surface area contributed by atoms with E-state index < -0.39 is 0 Å². The Morgan fingerprint density at radius 2 is 2.50 bits per heavy atom. The fourth-order valence-corrected chi connectivity index (χ4v) is 1.70. The lowest BCUT2D eigenvalue weighted by atomic mass is 10.2. The summed E-state index contributed by atoms with van der Waals surface area (Å²) >= 11 is 3.38. The molecule has 1 aliphatic heterocycles. The Morgan fingerprint density at radius 3 is 2.80 bits per heavy atom. The Morgan fingerprint density at radius 1 is 1.80 bits per heavy atom. The Labute approximate surface area is 69.7 Å². The zero-order valence-corrected chi connectivity index (χ0v) is 7.73. The topological polar surface area (TPSA) is 20.3 Å². The van der Waals surface area contributed by atoms with E-state index >= 15 is 0 Å². The van der Waals surface area contributed by atoms with Crippen LogP contribution in [0.5, 0.6) is 0 Å². The lowest BCUT2D eigenvalue weighted by Crippen LogP contribution is -2.24. The SMILES string of the molecule is CCN1CC(CBr)CC1=O. The van der Waals surface area contributed by atoms with E-state index in [1.807, 2.05) is 11.8 Å². The lowest BCUT2D eigenvalue weighted by molar-refractivity contribution is -0.127. The minimum Gasteiger partial charge on any atom is -0.343 e. The van der Waals surface area contributed by atoms with Crippen LogP contribution in [-0.2, 0) is 4.79 Å². The number of rotatable bonds is 2. The standard InChI is InChI=1S/C7H12BrNO/c1-2-9-5-6(4-8)3-7(9)10/h6H,2-5H2,1H3. The van der Waals surface area contributed by atoms with Crippen molar-refractivity contribution in [2.75, 3.05) is 18.4 Å². The normalized spacial score (nSPS) is 26.0. The van der Waals surface area contributed by atoms with Crippen LogP contribution >= 0.6 is 15.9 Å². The molecule has 0 spiro atoms. The Hall–Kier alpha value is -0.0500. The number of carbonyl (C=O) groups excluding carboxylic acids is 1. The van der Waals surface area contributed by atoms with Crippen LogP contribution in [0, 0.1) is 5.92 Å². The summed E-state index contributed by atoms with van der Waals surface area (Å²) in [5.41, 5.74) is 0. The first-order valence-electron chi connectivity index (χ1n) is 3.61. The van der Waals surface area contributed by atoms with E-state index in [0.29, 0.717) is 11.8 Å². The average molecular weight is 206 g/mol. The molecule has 3 heteroatoms. The van der Waals surface area contributed by atoms with Crippen LogP contribution in [0.3, 0.4) is 0 Å². The second kappa shape index (κ2) is 3.37. The summed E-state index contributed by atoms with van der Waals surface area (Å²) < 4.78 is 0. The maximum absolute atomic E-state index is 11.1. The molecule has 0 saturated carbocycles. The second-order valence-electron chi connectivity index (χ2n) is 2.66. The number of amides is 1. The molecule has 10 heavy (non-hydrogen) atoms. The van der Waals surface area contributed by atoms with Gasteiger partial charge in [-0.05, 0) is 12.8 Å². The van der Waals surface area contributed by atoms with Gasteiger partial charge in [-0.2, -0.15) is 0 Å². The van der Waals surface area contributed by atoms with Crippen molar-refractivity contribution in [3.8, 4) is 0 Å².